The molecule has 0 unspecified atom stereocenters. The Morgan fingerprint density at radius 3 is 2.48 bits per heavy atom. The lowest BCUT2D eigenvalue weighted by atomic mass is 10.1. The predicted molar refractivity (Wildman–Crippen MR) is 96.1 cm³/mol. The molecule has 0 spiro atoms. The molecule has 2 aromatic rings. The summed E-state index contributed by atoms with van der Waals surface area (Å²) in [5.41, 5.74) is 2.74. The van der Waals surface area contributed by atoms with Crippen LogP contribution in [0.1, 0.15) is 29.5 Å². The number of nitrogens with one attached hydrogen (secondary N) is 1. The fourth-order valence-corrected chi connectivity index (χ4v) is 4.30. The topological polar surface area (TPSA) is 49.4 Å². The van der Waals surface area contributed by atoms with Crippen molar-refractivity contribution in [2.24, 2.45) is 0 Å². The molecule has 4 nitrogen and oxygen atoms in total. The van der Waals surface area contributed by atoms with Gasteiger partial charge in [0.2, 0.25) is 10.0 Å². The third-order valence-electron chi connectivity index (χ3n) is 4.54. The molecular formula is C19H23FN2O2S. The van der Waals surface area contributed by atoms with Crippen molar-refractivity contribution in [2.45, 2.75) is 37.8 Å². The van der Waals surface area contributed by atoms with Gasteiger partial charge in [0.25, 0.3) is 0 Å². The number of aryl methyl sites for hydroxylation is 1. The van der Waals surface area contributed by atoms with Crippen molar-refractivity contribution >= 4 is 10.0 Å². The lowest BCUT2D eigenvalue weighted by Crippen LogP contribution is -2.26. The Balaban J connectivity index is 1.75. The molecule has 1 saturated heterocycles. The van der Waals surface area contributed by atoms with Gasteiger partial charge in [0.15, 0.2) is 0 Å². The van der Waals surface area contributed by atoms with Crippen LogP contribution < -0.4 is 4.72 Å². The van der Waals surface area contributed by atoms with E-state index in [1.165, 1.54) is 25.0 Å². The molecule has 0 saturated carbocycles. The van der Waals surface area contributed by atoms with Crippen molar-refractivity contribution in [2.75, 3.05) is 13.1 Å². The first-order valence-electron chi connectivity index (χ1n) is 8.51. The summed E-state index contributed by atoms with van der Waals surface area (Å²) >= 11 is 0. The minimum absolute atomic E-state index is 0.153. The molecule has 3 rings (SSSR count). The van der Waals surface area contributed by atoms with Gasteiger partial charge in [0, 0.05) is 13.1 Å². The first-order valence-corrected chi connectivity index (χ1v) is 9.99. The van der Waals surface area contributed by atoms with Gasteiger partial charge in [0.1, 0.15) is 10.7 Å². The van der Waals surface area contributed by atoms with Crippen LogP contribution in [0.25, 0.3) is 0 Å². The molecule has 0 atom stereocenters. The van der Waals surface area contributed by atoms with E-state index in [0.717, 1.165) is 30.8 Å². The average Bonchev–Trinajstić information content (AvgIpc) is 3.09. The van der Waals surface area contributed by atoms with Crippen LogP contribution >= 0.6 is 0 Å². The average molecular weight is 362 g/mol. The van der Waals surface area contributed by atoms with Gasteiger partial charge in [-0.2, -0.15) is 0 Å². The summed E-state index contributed by atoms with van der Waals surface area (Å²) < 4.78 is 41.4. The zero-order valence-corrected chi connectivity index (χ0v) is 15.2. The van der Waals surface area contributed by atoms with E-state index in [1.54, 1.807) is 13.0 Å². The number of benzene rings is 2. The normalized spacial score (nSPS) is 15.6. The highest BCUT2D eigenvalue weighted by Gasteiger charge is 2.20. The van der Waals surface area contributed by atoms with E-state index in [1.807, 2.05) is 24.3 Å². The van der Waals surface area contributed by atoms with Crippen LogP contribution in [0.4, 0.5) is 4.39 Å². The molecular weight excluding hydrogens is 339 g/mol. The van der Waals surface area contributed by atoms with Crippen LogP contribution in [0.5, 0.6) is 0 Å². The summed E-state index contributed by atoms with van der Waals surface area (Å²) in [6.45, 7) is 4.86. The summed E-state index contributed by atoms with van der Waals surface area (Å²) in [6, 6.07) is 11.9. The lowest BCUT2D eigenvalue weighted by Gasteiger charge is -2.18. The molecule has 0 radical (unpaired) electrons. The van der Waals surface area contributed by atoms with E-state index in [4.69, 9.17) is 0 Å². The zero-order chi connectivity index (χ0) is 17.9. The Bertz CT molecular complexity index is 846. The van der Waals surface area contributed by atoms with Crippen LogP contribution in [0.3, 0.4) is 0 Å². The number of hydrogen-bond donors (Lipinski definition) is 1. The fourth-order valence-electron chi connectivity index (χ4n) is 3.13. The standard InChI is InChI=1S/C19H23FN2O2S/c1-15-8-9-18(20)19(12-15)25(23,24)21-13-16-6-2-3-7-17(16)14-22-10-4-5-11-22/h2-3,6-9,12,21H,4-5,10-11,13-14H2,1H3. The molecule has 1 heterocycles. The van der Waals surface area contributed by atoms with Crippen molar-refractivity contribution in [1.29, 1.82) is 0 Å². The van der Waals surface area contributed by atoms with Crippen LogP contribution in [0.15, 0.2) is 47.4 Å². The molecule has 1 N–H and O–H groups in total. The number of rotatable bonds is 6. The van der Waals surface area contributed by atoms with E-state index in [0.29, 0.717) is 5.56 Å². The largest absolute Gasteiger partial charge is 0.299 e. The Morgan fingerprint density at radius 1 is 1.08 bits per heavy atom. The number of halogens is 1. The Kier molecular flexibility index (Phi) is 5.51. The van der Waals surface area contributed by atoms with Gasteiger partial charge >= 0.3 is 0 Å². The highest BCUT2D eigenvalue weighted by molar-refractivity contribution is 7.89. The quantitative estimate of drug-likeness (QED) is 0.858. The van der Waals surface area contributed by atoms with Crippen LogP contribution in [0.2, 0.25) is 0 Å². The molecule has 6 heteroatoms. The van der Waals surface area contributed by atoms with Crippen molar-refractivity contribution in [3.8, 4) is 0 Å². The van der Waals surface area contributed by atoms with Crippen molar-refractivity contribution in [3.63, 3.8) is 0 Å². The van der Waals surface area contributed by atoms with Crippen LogP contribution in [-0.2, 0) is 23.1 Å². The van der Waals surface area contributed by atoms with E-state index in [2.05, 4.69) is 9.62 Å². The molecule has 134 valence electrons. The Labute approximate surface area is 148 Å². The van der Waals surface area contributed by atoms with Gasteiger partial charge in [0.05, 0.1) is 0 Å². The molecule has 0 aliphatic carbocycles. The van der Waals surface area contributed by atoms with Crippen molar-refractivity contribution in [1.82, 2.24) is 9.62 Å². The first kappa shape index (κ1) is 18.0. The molecule has 0 aromatic heterocycles. The van der Waals surface area contributed by atoms with E-state index >= 15 is 0 Å². The smallest absolute Gasteiger partial charge is 0.243 e. The minimum atomic E-state index is -3.89. The molecule has 1 aliphatic rings. The second kappa shape index (κ2) is 7.64. The third-order valence-corrected chi connectivity index (χ3v) is 5.96. The second-order valence-corrected chi connectivity index (χ2v) is 8.25. The maximum absolute atomic E-state index is 13.9. The maximum atomic E-state index is 13.9. The molecule has 1 fully saturated rings. The Hall–Kier alpha value is -1.76. The third kappa shape index (κ3) is 4.45. The maximum Gasteiger partial charge on any atom is 0.243 e. The van der Waals surface area contributed by atoms with Crippen molar-refractivity contribution < 1.29 is 12.8 Å². The summed E-state index contributed by atoms with van der Waals surface area (Å²) in [5.74, 6) is -0.733. The predicted octanol–water partition coefficient (Wildman–Crippen LogP) is 3.21. The number of hydrogen-bond acceptors (Lipinski definition) is 3. The highest BCUT2D eigenvalue weighted by atomic mass is 32.2. The SMILES string of the molecule is Cc1ccc(F)c(S(=O)(=O)NCc2ccccc2CN2CCCC2)c1. The van der Waals surface area contributed by atoms with Gasteiger partial charge in [-0.25, -0.2) is 17.5 Å². The molecule has 0 bridgehead atoms. The first-order chi connectivity index (χ1) is 12.0. The zero-order valence-electron chi connectivity index (χ0n) is 14.3. The molecule has 25 heavy (non-hydrogen) atoms. The van der Waals surface area contributed by atoms with Gasteiger partial charge in [-0.1, -0.05) is 30.3 Å². The fraction of sp³-hybridized carbons (Fsp3) is 0.368. The Morgan fingerprint density at radius 2 is 1.76 bits per heavy atom. The van der Waals surface area contributed by atoms with Gasteiger partial charge in [-0.3, -0.25) is 4.90 Å². The van der Waals surface area contributed by atoms with Crippen molar-refractivity contribution in [3.05, 3.63) is 65.0 Å². The van der Waals surface area contributed by atoms with E-state index in [-0.39, 0.29) is 11.4 Å². The number of nitrogens with zero attached hydrogens (tertiary/aromatic N) is 1. The van der Waals surface area contributed by atoms with E-state index < -0.39 is 15.8 Å². The lowest BCUT2D eigenvalue weighted by molar-refractivity contribution is 0.330. The molecule has 0 amide bonds. The van der Waals surface area contributed by atoms with Crippen LogP contribution in [-0.4, -0.2) is 26.4 Å². The van der Waals surface area contributed by atoms with Gasteiger partial charge in [-0.15, -0.1) is 0 Å². The monoisotopic (exact) mass is 362 g/mol. The summed E-state index contributed by atoms with van der Waals surface area (Å²) in [5, 5.41) is 0. The van der Waals surface area contributed by atoms with Gasteiger partial charge in [-0.05, 0) is 61.7 Å². The van der Waals surface area contributed by atoms with Crippen LogP contribution in [0, 0.1) is 12.7 Å². The molecule has 1 aliphatic heterocycles. The minimum Gasteiger partial charge on any atom is -0.299 e. The summed E-state index contributed by atoms with van der Waals surface area (Å²) in [4.78, 5) is 2.07. The highest BCUT2D eigenvalue weighted by Crippen LogP contribution is 2.19. The second-order valence-electron chi connectivity index (χ2n) is 6.51. The molecule has 2 aromatic carbocycles. The van der Waals surface area contributed by atoms with E-state index in [9.17, 15) is 12.8 Å². The number of sulfonamides is 1. The van der Waals surface area contributed by atoms with Gasteiger partial charge < -0.3 is 0 Å². The summed E-state index contributed by atoms with van der Waals surface area (Å²) in [7, 11) is -3.89. The number of likely N-dealkylation sites (tertiary alicyclic amines) is 1. The summed E-state index contributed by atoms with van der Waals surface area (Å²) in [6.07, 6.45) is 2.42.